The van der Waals surface area contributed by atoms with Crippen molar-refractivity contribution >= 4 is 5.65 Å². The second-order valence-electron chi connectivity index (χ2n) is 7.49. The Hall–Kier alpha value is -3.29. The van der Waals surface area contributed by atoms with E-state index in [1.165, 1.54) is 0 Å². The molecule has 8 heteroatoms. The van der Waals surface area contributed by atoms with Gasteiger partial charge < -0.3 is 4.74 Å². The number of aromatic amines is 1. The summed E-state index contributed by atoms with van der Waals surface area (Å²) in [6.45, 7) is 7.30. The van der Waals surface area contributed by atoms with Crippen LogP contribution in [0.2, 0.25) is 0 Å². The number of ether oxygens (including phenoxy) is 1. The fraction of sp³-hybridized carbons (Fsp3) is 0.381. The summed E-state index contributed by atoms with van der Waals surface area (Å²) >= 11 is 0. The van der Waals surface area contributed by atoms with Gasteiger partial charge in [-0.25, -0.2) is 14.6 Å². The van der Waals surface area contributed by atoms with Crippen LogP contribution in [0.5, 0.6) is 5.75 Å². The van der Waals surface area contributed by atoms with Crippen LogP contribution in [-0.2, 0) is 6.42 Å². The van der Waals surface area contributed by atoms with Crippen molar-refractivity contribution in [2.24, 2.45) is 5.92 Å². The summed E-state index contributed by atoms with van der Waals surface area (Å²) in [6, 6.07) is 8.20. The van der Waals surface area contributed by atoms with Crippen molar-refractivity contribution in [3.63, 3.8) is 0 Å². The number of nitrogens with zero attached hydrogens (tertiary/aromatic N) is 6. The van der Waals surface area contributed by atoms with Crippen LogP contribution in [0.25, 0.3) is 28.2 Å². The van der Waals surface area contributed by atoms with E-state index in [4.69, 9.17) is 4.74 Å². The van der Waals surface area contributed by atoms with Gasteiger partial charge in [-0.1, -0.05) is 39.3 Å². The lowest BCUT2D eigenvalue weighted by Crippen LogP contribution is -2.07. The van der Waals surface area contributed by atoms with E-state index >= 15 is 0 Å². The van der Waals surface area contributed by atoms with Gasteiger partial charge in [-0.3, -0.25) is 0 Å². The second kappa shape index (κ2) is 8.38. The minimum Gasteiger partial charge on any atom is -0.494 e. The summed E-state index contributed by atoms with van der Waals surface area (Å²) in [5.74, 6) is 1.92. The van der Waals surface area contributed by atoms with E-state index < -0.39 is 0 Å². The lowest BCUT2D eigenvalue weighted by Gasteiger charge is -2.14. The molecule has 1 N–H and O–H groups in total. The van der Waals surface area contributed by atoms with Gasteiger partial charge in [-0.15, -0.1) is 5.10 Å². The Kier molecular flexibility index (Phi) is 5.50. The maximum Gasteiger partial charge on any atom is 0.184 e. The molecular formula is C21H25N7O. The first-order valence-corrected chi connectivity index (χ1v) is 10.00. The quantitative estimate of drug-likeness (QED) is 0.457. The Balaban J connectivity index is 1.74. The van der Waals surface area contributed by atoms with Gasteiger partial charge in [0.15, 0.2) is 11.5 Å². The summed E-state index contributed by atoms with van der Waals surface area (Å²) in [6.07, 6.45) is 6.72. The highest BCUT2D eigenvalue weighted by atomic mass is 16.5. The number of hydrogen-bond acceptors (Lipinski definition) is 6. The number of H-pyrrole nitrogens is 1. The zero-order valence-electron chi connectivity index (χ0n) is 17.0. The van der Waals surface area contributed by atoms with Gasteiger partial charge in [0.05, 0.1) is 24.1 Å². The van der Waals surface area contributed by atoms with Crippen LogP contribution in [0.15, 0.2) is 36.7 Å². The highest BCUT2D eigenvalue weighted by molar-refractivity contribution is 5.75. The molecule has 8 nitrogen and oxygen atoms in total. The fourth-order valence-corrected chi connectivity index (χ4v) is 3.31. The van der Waals surface area contributed by atoms with Crippen LogP contribution < -0.4 is 4.74 Å². The molecule has 0 unspecified atom stereocenters. The fourth-order valence-electron chi connectivity index (χ4n) is 3.31. The molecule has 0 saturated heterocycles. The molecule has 0 radical (unpaired) electrons. The van der Waals surface area contributed by atoms with Crippen molar-refractivity contribution < 1.29 is 4.74 Å². The zero-order valence-corrected chi connectivity index (χ0v) is 17.0. The molecular weight excluding hydrogens is 366 g/mol. The van der Waals surface area contributed by atoms with Crippen molar-refractivity contribution in [1.82, 2.24) is 35.2 Å². The first kappa shape index (κ1) is 19.0. The van der Waals surface area contributed by atoms with E-state index in [2.05, 4.69) is 63.6 Å². The lowest BCUT2D eigenvalue weighted by atomic mass is 9.99. The molecule has 0 amide bonds. The average molecular weight is 391 g/mol. The van der Waals surface area contributed by atoms with E-state index in [-0.39, 0.29) is 0 Å². The van der Waals surface area contributed by atoms with Gasteiger partial charge in [-0.05, 0) is 46.9 Å². The Labute approximate surface area is 169 Å². The van der Waals surface area contributed by atoms with E-state index in [1.807, 2.05) is 22.8 Å². The highest BCUT2D eigenvalue weighted by Crippen LogP contribution is 2.29. The molecule has 0 atom stereocenters. The topological polar surface area (TPSA) is 93.9 Å². The van der Waals surface area contributed by atoms with Crippen molar-refractivity contribution in [1.29, 1.82) is 0 Å². The van der Waals surface area contributed by atoms with Gasteiger partial charge in [0.25, 0.3) is 0 Å². The molecule has 0 saturated carbocycles. The van der Waals surface area contributed by atoms with Crippen molar-refractivity contribution in [2.45, 2.75) is 40.0 Å². The maximum absolute atomic E-state index is 5.79. The Morgan fingerprint density at radius 1 is 1.10 bits per heavy atom. The van der Waals surface area contributed by atoms with Gasteiger partial charge in [0.2, 0.25) is 0 Å². The third-order valence-corrected chi connectivity index (χ3v) is 4.76. The molecule has 0 fully saturated rings. The molecule has 29 heavy (non-hydrogen) atoms. The molecule has 4 rings (SSSR count). The predicted octanol–water partition coefficient (Wildman–Crippen LogP) is 3.95. The lowest BCUT2D eigenvalue weighted by molar-refractivity contribution is 0.309. The first-order chi connectivity index (χ1) is 14.2. The van der Waals surface area contributed by atoms with E-state index in [0.29, 0.717) is 11.7 Å². The average Bonchev–Trinajstić information content (AvgIpc) is 3.38. The van der Waals surface area contributed by atoms with Crippen LogP contribution >= 0.6 is 0 Å². The van der Waals surface area contributed by atoms with Crippen LogP contribution in [0.3, 0.4) is 0 Å². The molecule has 0 spiro atoms. The smallest absolute Gasteiger partial charge is 0.184 e. The highest BCUT2D eigenvalue weighted by Gasteiger charge is 2.18. The first-order valence-electron chi connectivity index (χ1n) is 10.00. The van der Waals surface area contributed by atoms with E-state index in [0.717, 1.165) is 59.7 Å². The molecule has 150 valence electrons. The van der Waals surface area contributed by atoms with Gasteiger partial charge in [-0.2, -0.15) is 5.10 Å². The number of rotatable bonds is 8. The molecule has 0 aliphatic rings. The second-order valence-corrected chi connectivity index (χ2v) is 7.49. The van der Waals surface area contributed by atoms with Gasteiger partial charge >= 0.3 is 0 Å². The number of fused-ring (bicyclic) bond motifs is 1. The SMILES string of the molecule is CCCCOc1ccc(-c2cnc3c(-c4nnn[nH]4)cnn3c2CC(C)C)cc1. The maximum atomic E-state index is 5.79. The number of unbranched alkanes of at least 4 members (excludes halogenated alkanes) is 1. The summed E-state index contributed by atoms with van der Waals surface area (Å²) < 4.78 is 7.69. The molecule has 0 bridgehead atoms. The summed E-state index contributed by atoms with van der Waals surface area (Å²) in [5, 5.41) is 18.7. The Morgan fingerprint density at radius 3 is 2.62 bits per heavy atom. The number of tetrazole rings is 1. The van der Waals surface area contributed by atoms with Crippen LogP contribution in [0.4, 0.5) is 0 Å². The third-order valence-electron chi connectivity index (χ3n) is 4.76. The number of benzene rings is 1. The van der Waals surface area contributed by atoms with E-state index in [9.17, 15) is 0 Å². The molecule has 3 heterocycles. The molecule has 4 aromatic rings. The summed E-state index contributed by atoms with van der Waals surface area (Å²) in [5.41, 5.74) is 4.80. The molecule has 1 aromatic carbocycles. The zero-order chi connectivity index (χ0) is 20.2. The monoisotopic (exact) mass is 391 g/mol. The standard InChI is InChI=1S/C21H25N7O/c1-4-5-10-29-16-8-6-15(7-9-16)17-12-22-21-18(20-24-26-27-25-20)13-23-28(21)19(17)11-14(2)3/h6-9,12-14H,4-5,10-11H2,1-3H3,(H,24,25,26,27). The minimum atomic E-state index is 0.468. The number of aromatic nitrogens is 7. The van der Waals surface area contributed by atoms with Crippen molar-refractivity contribution in [3.05, 3.63) is 42.4 Å². The van der Waals surface area contributed by atoms with Crippen molar-refractivity contribution in [3.8, 4) is 28.3 Å². The number of nitrogens with one attached hydrogen (secondary N) is 1. The minimum absolute atomic E-state index is 0.468. The molecule has 3 aromatic heterocycles. The van der Waals surface area contributed by atoms with Crippen molar-refractivity contribution in [2.75, 3.05) is 6.61 Å². The summed E-state index contributed by atoms with van der Waals surface area (Å²) in [4.78, 5) is 4.68. The molecule has 0 aliphatic carbocycles. The third kappa shape index (κ3) is 3.96. The largest absolute Gasteiger partial charge is 0.494 e. The Bertz CT molecular complexity index is 1070. The van der Waals surface area contributed by atoms with E-state index in [1.54, 1.807) is 6.20 Å². The Morgan fingerprint density at radius 2 is 1.93 bits per heavy atom. The van der Waals surface area contributed by atoms with Gasteiger partial charge in [0.1, 0.15) is 5.75 Å². The summed E-state index contributed by atoms with van der Waals surface area (Å²) in [7, 11) is 0. The predicted molar refractivity (Wildman–Crippen MR) is 111 cm³/mol. The van der Waals surface area contributed by atoms with Crippen LogP contribution in [-0.4, -0.2) is 41.8 Å². The van der Waals surface area contributed by atoms with Gasteiger partial charge in [0, 0.05) is 11.8 Å². The molecule has 0 aliphatic heterocycles. The van der Waals surface area contributed by atoms with Crippen LogP contribution in [0, 0.1) is 5.92 Å². The number of hydrogen-bond donors (Lipinski definition) is 1. The normalized spacial score (nSPS) is 11.4. The van der Waals surface area contributed by atoms with Crippen LogP contribution in [0.1, 0.15) is 39.3 Å².